The number of hydrogen-bond acceptors (Lipinski definition) is 5. The molecular weight excluding hydrogens is 332 g/mol. The van der Waals surface area contributed by atoms with Crippen LogP contribution in [-0.4, -0.2) is 41.9 Å². The summed E-state index contributed by atoms with van der Waals surface area (Å²) in [6, 6.07) is 5.08. The second-order valence-electron chi connectivity index (χ2n) is 6.25. The predicted octanol–water partition coefficient (Wildman–Crippen LogP) is 1.17. The van der Waals surface area contributed by atoms with Gasteiger partial charge in [-0.1, -0.05) is 6.07 Å². The fourth-order valence-corrected chi connectivity index (χ4v) is 3.14. The van der Waals surface area contributed by atoms with Crippen molar-refractivity contribution in [3.8, 4) is 11.5 Å². The molecule has 4 heterocycles. The normalized spacial score (nSPS) is 14.7. The number of nitrogens with zero attached hydrogens (tertiary/aromatic N) is 5. The maximum atomic E-state index is 12.8. The first kappa shape index (κ1) is 16.2. The summed E-state index contributed by atoms with van der Waals surface area (Å²) < 4.78 is 1.77. The van der Waals surface area contributed by atoms with E-state index in [-0.39, 0.29) is 17.5 Å². The number of pyridine rings is 1. The summed E-state index contributed by atoms with van der Waals surface area (Å²) in [7, 11) is 0. The standard InChI is InChI=1S/C18H18N6O2/c1-12(24-9-7-19-11-24)18(26)23-8-5-13-15(10-23)21-16(22-17(13)25)14-4-2-3-6-20-14/h2-4,6-7,9,11-12H,5,8,10H2,1H3,(H,21,22,25)/t12-/m0/s1. The highest BCUT2D eigenvalue weighted by Crippen LogP contribution is 2.20. The minimum atomic E-state index is -0.351. The SMILES string of the molecule is C[C@@H](C(=O)N1CCc2c(nc(-c3ccccn3)[nH]c2=O)C1)n1ccnc1. The fraction of sp³-hybridized carbons (Fsp3) is 0.278. The van der Waals surface area contributed by atoms with Gasteiger partial charge in [-0.2, -0.15) is 0 Å². The smallest absolute Gasteiger partial charge is 0.254 e. The maximum Gasteiger partial charge on any atom is 0.254 e. The molecule has 0 spiro atoms. The quantitative estimate of drug-likeness (QED) is 0.765. The van der Waals surface area contributed by atoms with Crippen LogP contribution in [0.2, 0.25) is 0 Å². The molecule has 0 saturated carbocycles. The number of H-pyrrole nitrogens is 1. The Morgan fingerprint density at radius 2 is 2.19 bits per heavy atom. The molecule has 0 unspecified atom stereocenters. The highest BCUT2D eigenvalue weighted by molar-refractivity contribution is 5.80. The van der Waals surface area contributed by atoms with E-state index in [4.69, 9.17) is 0 Å². The molecule has 1 amide bonds. The van der Waals surface area contributed by atoms with Crippen LogP contribution >= 0.6 is 0 Å². The largest absolute Gasteiger partial charge is 0.335 e. The minimum Gasteiger partial charge on any atom is -0.335 e. The number of carbonyl (C=O) groups excluding carboxylic acids is 1. The van der Waals surface area contributed by atoms with Crippen LogP contribution in [0.1, 0.15) is 24.2 Å². The molecule has 0 aliphatic carbocycles. The fourth-order valence-electron chi connectivity index (χ4n) is 3.14. The average molecular weight is 350 g/mol. The first-order valence-corrected chi connectivity index (χ1v) is 8.43. The molecule has 0 bridgehead atoms. The molecule has 0 radical (unpaired) electrons. The van der Waals surface area contributed by atoms with Crippen LogP contribution < -0.4 is 5.56 Å². The summed E-state index contributed by atoms with van der Waals surface area (Å²) in [6.45, 7) is 2.65. The van der Waals surface area contributed by atoms with E-state index in [1.54, 1.807) is 46.5 Å². The Bertz CT molecular complexity index is 981. The minimum absolute atomic E-state index is 0.0184. The summed E-state index contributed by atoms with van der Waals surface area (Å²) in [5.41, 5.74) is 1.71. The number of imidazole rings is 1. The van der Waals surface area contributed by atoms with Crippen LogP contribution in [0, 0.1) is 0 Å². The van der Waals surface area contributed by atoms with Crippen molar-refractivity contribution in [1.82, 2.24) is 29.4 Å². The lowest BCUT2D eigenvalue weighted by Gasteiger charge is -2.30. The van der Waals surface area contributed by atoms with Gasteiger partial charge in [0.2, 0.25) is 5.91 Å². The molecule has 8 heteroatoms. The second kappa shape index (κ2) is 6.55. The lowest BCUT2D eigenvalue weighted by molar-refractivity contribution is -0.135. The Kier molecular flexibility index (Phi) is 4.08. The zero-order chi connectivity index (χ0) is 18.1. The highest BCUT2D eigenvalue weighted by atomic mass is 16.2. The van der Waals surface area contributed by atoms with Crippen LogP contribution in [0.25, 0.3) is 11.5 Å². The molecule has 1 N–H and O–H groups in total. The highest BCUT2D eigenvalue weighted by Gasteiger charge is 2.28. The van der Waals surface area contributed by atoms with E-state index in [1.165, 1.54) is 0 Å². The van der Waals surface area contributed by atoms with Crippen molar-refractivity contribution in [3.63, 3.8) is 0 Å². The Morgan fingerprint density at radius 1 is 1.31 bits per heavy atom. The molecule has 1 atom stereocenters. The Hall–Kier alpha value is -3.29. The maximum absolute atomic E-state index is 12.8. The number of fused-ring (bicyclic) bond motifs is 1. The number of carbonyl (C=O) groups is 1. The molecule has 132 valence electrons. The Morgan fingerprint density at radius 3 is 2.92 bits per heavy atom. The molecule has 4 rings (SSSR count). The topological polar surface area (TPSA) is 96.8 Å². The van der Waals surface area contributed by atoms with Crippen molar-refractivity contribution in [2.24, 2.45) is 0 Å². The number of nitrogens with one attached hydrogen (secondary N) is 1. The van der Waals surface area contributed by atoms with Crippen molar-refractivity contribution >= 4 is 5.91 Å². The molecule has 1 aliphatic rings. The van der Waals surface area contributed by atoms with Gasteiger partial charge in [0, 0.05) is 30.7 Å². The average Bonchev–Trinajstić information content (AvgIpc) is 3.22. The van der Waals surface area contributed by atoms with Crippen LogP contribution in [0.3, 0.4) is 0 Å². The van der Waals surface area contributed by atoms with Crippen LogP contribution in [0.15, 0.2) is 47.9 Å². The van der Waals surface area contributed by atoms with Gasteiger partial charge in [0.25, 0.3) is 5.56 Å². The summed E-state index contributed by atoms with van der Waals surface area (Å²) in [4.78, 5) is 42.5. The van der Waals surface area contributed by atoms with E-state index >= 15 is 0 Å². The number of aromatic amines is 1. The third-order valence-corrected chi connectivity index (χ3v) is 4.62. The van der Waals surface area contributed by atoms with E-state index in [9.17, 15) is 9.59 Å². The van der Waals surface area contributed by atoms with Gasteiger partial charge in [0.05, 0.1) is 18.6 Å². The van der Waals surface area contributed by atoms with Gasteiger partial charge >= 0.3 is 0 Å². The molecule has 1 aliphatic heterocycles. The Labute approximate surface area is 149 Å². The van der Waals surface area contributed by atoms with Crippen molar-refractivity contribution < 1.29 is 4.79 Å². The molecule has 3 aromatic heterocycles. The van der Waals surface area contributed by atoms with Gasteiger partial charge in [0.1, 0.15) is 11.7 Å². The molecule has 0 fully saturated rings. The molecule has 3 aromatic rings. The lowest BCUT2D eigenvalue weighted by atomic mass is 10.1. The lowest BCUT2D eigenvalue weighted by Crippen LogP contribution is -2.42. The van der Waals surface area contributed by atoms with Crippen molar-refractivity contribution in [2.45, 2.75) is 25.9 Å². The third kappa shape index (κ3) is 2.90. The third-order valence-electron chi connectivity index (χ3n) is 4.62. The number of aromatic nitrogens is 5. The van der Waals surface area contributed by atoms with Gasteiger partial charge in [-0.25, -0.2) is 9.97 Å². The van der Waals surface area contributed by atoms with E-state index in [0.29, 0.717) is 42.3 Å². The van der Waals surface area contributed by atoms with Crippen LogP contribution in [0.4, 0.5) is 0 Å². The Balaban J connectivity index is 1.63. The monoisotopic (exact) mass is 350 g/mol. The summed E-state index contributed by atoms with van der Waals surface area (Å²) in [5, 5.41) is 0. The van der Waals surface area contributed by atoms with Gasteiger partial charge in [-0.15, -0.1) is 0 Å². The summed E-state index contributed by atoms with van der Waals surface area (Å²) in [5.74, 6) is 0.404. The van der Waals surface area contributed by atoms with E-state index in [0.717, 1.165) is 0 Å². The van der Waals surface area contributed by atoms with Gasteiger partial charge in [-0.05, 0) is 25.5 Å². The van der Waals surface area contributed by atoms with Crippen LogP contribution in [-0.2, 0) is 17.8 Å². The summed E-state index contributed by atoms with van der Waals surface area (Å²) in [6.07, 6.45) is 7.18. The first-order chi connectivity index (χ1) is 12.6. The van der Waals surface area contributed by atoms with Crippen molar-refractivity contribution in [2.75, 3.05) is 6.54 Å². The van der Waals surface area contributed by atoms with E-state index < -0.39 is 0 Å². The first-order valence-electron chi connectivity index (χ1n) is 8.43. The molecule has 8 nitrogen and oxygen atoms in total. The van der Waals surface area contributed by atoms with Gasteiger partial charge < -0.3 is 14.5 Å². The second-order valence-corrected chi connectivity index (χ2v) is 6.25. The van der Waals surface area contributed by atoms with Gasteiger partial charge in [-0.3, -0.25) is 14.6 Å². The van der Waals surface area contributed by atoms with Crippen molar-refractivity contribution in [1.29, 1.82) is 0 Å². The molecule has 26 heavy (non-hydrogen) atoms. The number of rotatable bonds is 3. The van der Waals surface area contributed by atoms with Gasteiger partial charge in [0.15, 0.2) is 5.82 Å². The van der Waals surface area contributed by atoms with Crippen LogP contribution in [0.5, 0.6) is 0 Å². The zero-order valence-electron chi connectivity index (χ0n) is 14.3. The van der Waals surface area contributed by atoms with E-state index in [2.05, 4.69) is 19.9 Å². The van der Waals surface area contributed by atoms with E-state index in [1.807, 2.05) is 13.0 Å². The number of hydrogen-bond donors (Lipinski definition) is 1. The molecular formula is C18H18N6O2. The number of amides is 1. The zero-order valence-corrected chi connectivity index (χ0v) is 14.3. The van der Waals surface area contributed by atoms with Crippen molar-refractivity contribution in [3.05, 3.63) is 64.7 Å². The molecule has 0 aromatic carbocycles. The summed E-state index contributed by atoms with van der Waals surface area (Å²) >= 11 is 0. The predicted molar refractivity (Wildman–Crippen MR) is 94.1 cm³/mol. The molecule has 0 saturated heterocycles.